The molecule has 1 aliphatic rings. The van der Waals surface area contributed by atoms with Gasteiger partial charge in [-0.25, -0.2) is 0 Å². The van der Waals surface area contributed by atoms with Crippen LogP contribution in [0.2, 0.25) is 0 Å². The molecule has 0 aromatic heterocycles. The molecule has 0 atom stereocenters. The van der Waals surface area contributed by atoms with Gasteiger partial charge in [0.25, 0.3) is 5.69 Å². The average molecular weight is 293 g/mol. The Bertz CT molecular complexity index is 539. The molecule has 1 aromatic rings. The summed E-state index contributed by atoms with van der Waals surface area (Å²) in [6.07, 6.45) is 3.06. The van der Waals surface area contributed by atoms with Crippen molar-refractivity contribution in [3.8, 4) is 0 Å². The molecular weight excluding hydrogens is 274 g/mol. The Hall–Kier alpha value is -2.15. The van der Waals surface area contributed by atoms with Crippen molar-refractivity contribution in [1.82, 2.24) is 0 Å². The summed E-state index contributed by atoms with van der Waals surface area (Å²) in [5.41, 5.74) is 5.67. The van der Waals surface area contributed by atoms with E-state index in [1.165, 1.54) is 18.2 Å². The van der Waals surface area contributed by atoms with Crippen LogP contribution in [0.1, 0.15) is 36.0 Å². The number of aliphatic hydroxyl groups excluding tert-OH is 1. The van der Waals surface area contributed by atoms with Crippen LogP contribution in [0.15, 0.2) is 18.2 Å². The van der Waals surface area contributed by atoms with Crippen molar-refractivity contribution in [2.24, 2.45) is 11.7 Å². The highest BCUT2D eigenvalue weighted by atomic mass is 16.6. The van der Waals surface area contributed by atoms with Gasteiger partial charge in [0.1, 0.15) is 5.69 Å². The first-order chi connectivity index (χ1) is 9.97. The van der Waals surface area contributed by atoms with Gasteiger partial charge in [-0.1, -0.05) is 0 Å². The van der Waals surface area contributed by atoms with Crippen LogP contribution in [0.4, 0.5) is 11.4 Å². The number of carbonyl (C=O) groups is 1. The Labute approximate surface area is 122 Å². The van der Waals surface area contributed by atoms with Crippen LogP contribution in [-0.2, 0) is 0 Å². The largest absolute Gasteiger partial charge is 0.393 e. The molecule has 4 N–H and O–H groups in total. The molecule has 0 unspecified atom stereocenters. The van der Waals surface area contributed by atoms with Crippen LogP contribution in [0.25, 0.3) is 0 Å². The van der Waals surface area contributed by atoms with E-state index in [9.17, 15) is 20.0 Å². The Morgan fingerprint density at radius 3 is 2.62 bits per heavy atom. The molecular formula is C14H19N3O4. The highest BCUT2D eigenvalue weighted by molar-refractivity contribution is 5.94. The standard InChI is InChI=1S/C14H19N3O4/c15-14(19)10-3-6-13(17(20)21)12(7-10)16-8-9-1-4-11(18)5-2-9/h3,6-7,9,11,16,18H,1-2,4-5,8H2,(H2,15,19). The maximum Gasteiger partial charge on any atom is 0.292 e. The summed E-state index contributed by atoms with van der Waals surface area (Å²) in [4.78, 5) is 21.7. The minimum Gasteiger partial charge on any atom is -0.393 e. The normalized spacial score (nSPS) is 21.8. The van der Waals surface area contributed by atoms with E-state index in [1.54, 1.807) is 0 Å². The molecule has 1 fully saturated rings. The molecule has 0 aliphatic heterocycles. The molecule has 1 saturated carbocycles. The second-order valence-corrected chi connectivity index (χ2v) is 5.41. The first-order valence-electron chi connectivity index (χ1n) is 6.97. The van der Waals surface area contributed by atoms with E-state index in [2.05, 4.69) is 5.32 Å². The van der Waals surface area contributed by atoms with Gasteiger partial charge in [0.15, 0.2) is 0 Å². The number of benzene rings is 1. The third-order valence-corrected chi connectivity index (χ3v) is 3.88. The van der Waals surface area contributed by atoms with Crippen molar-refractivity contribution in [3.05, 3.63) is 33.9 Å². The van der Waals surface area contributed by atoms with E-state index < -0.39 is 10.8 Å². The lowest BCUT2D eigenvalue weighted by Gasteiger charge is -2.25. The van der Waals surface area contributed by atoms with Crippen LogP contribution in [-0.4, -0.2) is 28.6 Å². The summed E-state index contributed by atoms with van der Waals surface area (Å²) in [6.45, 7) is 0.579. The summed E-state index contributed by atoms with van der Waals surface area (Å²) >= 11 is 0. The van der Waals surface area contributed by atoms with E-state index in [4.69, 9.17) is 5.73 Å². The second kappa shape index (κ2) is 6.53. The molecule has 0 spiro atoms. The van der Waals surface area contributed by atoms with Crippen molar-refractivity contribution < 1.29 is 14.8 Å². The summed E-state index contributed by atoms with van der Waals surface area (Å²) in [5.74, 6) is -0.251. The molecule has 1 aliphatic carbocycles. The lowest BCUT2D eigenvalue weighted by atomic mass is 9.87. The number of hydrogen-bond donors (Lipinski definition) is 3. The predicted molar refractivity (Wildman–Crippen MR) is 78.1 cm³/mol. The van der Waals surface area contributed by atoms with E-state index in [0.717, 1.165) is 25.7 Å². The highest BCUT2D eigenvalue weighted by Crippen LogP contribution is 2.28. The number of anilines is 1. The lowest BCUT2D eigenvalue weighted by Crippen LogP contribution is -2.24. The fourth-order valence-corrected chi connectivity index (χ4v) is 2.59. The van der Waals surface area contributed by atoms with Gasteiger partial charge in [0.2, 0.25) is 5.91 Å². The highest BCUT2D eigenvalue weighted by Gasteiger charge is 2.21. The van der Waals surface area contributed by atoms with Crippen molar-refractivity contribution in [1.29, 1.82) is 0 Å². The summed E-state index contributed by atoms with van der Waals surface area (Å²) in [6, 6.07) is 4.05. The van der Waals surface area contributed by atoms with Crippen molar-refractivity contribution >= 4 is 17.3 Å². The van der Waals surface area contributed by atoms with Gasteiger partial charge in [-0.05, 0) is 43.7 Å². The van der Waals surface area contributed by atoms with E-state index in [1.807, 2.05) is 0 Å². The summed E-state index contributed by atoms with van der Waals surface area (Å²) in [7, 11) is 0. The van der Waals surface area contributed by atoms with Crippen LogP contribution < -0.4 is 11.1 Å². The number of nitrogens with one attached hydrogen (secondary N) is 1. The van der Waals surface area contributed by atoms with Crippen molar-refractivity contribution in [2.75, 3.05) is 11.9 Å². The minimum absolute atomic E-state index is 0.0733. The molecule has 0 heterocycles. The van der Waals surface area contributed by atoms with Gasteiger partial charge in [-0.3, -0.25) is 14.9 Å². The Kier molecular flexibility index (Phi) is 4.74. The molecule has 1 amide bonds. The van der Waals surface area contributed by atoms with Crippen LogP contribution in [0.3, 0.4) is 0 Å². The van der Waals surface area contributed by atoms with Gasteiger partial charge in [0.05, 0.1) is 11.0 Å². The molecule has 114 valence electrons. The number of nitrogens with zero attached hydrogens (tertiary/aromatic N) is 1. The third kappa shape index (κ3) is 3.91. The number of nitro benzene ring substituents is 1. The quantitative estimate of drug-likeness (QED) is 0.563. The molecule has 0 bridgehead atoms. The number of rotatable bonds is 5. The van der Waals surface area contributed by atoms with Crippen LogP contribution >= 0.6 is 0 Å². The topological polar surface area (TPSA) is 118 Å². The SMILES string of the molecule is NC(=O)c1ccc([N+](=O)[O-])c(NCC2CCC(O)CC2)c1. The Morgan fingerprint density at radius 1 is 1.38 bits per heavy atom. The first-order valence-corrected chi connectivity index (χ1v) is 6.97. The first kappa shape index (κ1) is 15.2. The Morgan fingerprint density at radius 2 is 2.05 bits per heavy atom. The summed E-state index contributed by atoms with van der Waals surface area (Å²) < 4.78 is 0. The van der Waals surface area contributed by atoms with Crippen LogP contribution in [0, 0.1) is 16.0 Å². The molecule has 7 nitrogen and oxygen atoms in total. The maximum absolute atomic E-state index is 11.2. The van der Waals surface area contributed by atoms with Crippen molar-refractivity contribution in [2.45, 2.75) is 31.8 Å². The van der Waals surface area contributed by atoms with Gasteiger partial charge >= 0.3 is 0 Å². The van der Waals surface area contributed by atoms with E-state index in [-0.39, 0.29) is 17.4 Å². The van der Waals surface area contributed by atoms with E-state index in [0.29, 0.717) is 18.2 Å². The number of amides is 1. The van der Waals surface area contributed by atoms with E-state index >= 15 is 0 Å². The number of primary amides is 1. The second-order valence-electron chi connectivity index (χ2n) is 5.41. The van der Waals surface area contributed by atoms with Crippen molar-refractivity contribution in [3.63, 3.8) is 0 Å². The fourth-order valence-electron chi connectivity index (χ4n) is 2.59. The predicted octanol–water partition coefficient (Wildman–Crippen LogP) is 1.66. The minimum atomic E-state index is -0.617. The maximum atomic E-state index is 11.2. The zero-order valence-corrected chi connectivity index (χ0v) is 11.6. The van der Waals surface area contributed by atoms with Gasteiger partial charge < -0.3 is 16.2 Å². The molecule has 2 rings (SSSR count). The van der Waals surface area contributed by atoms with Crippen LogP contribution in [0.5, 0.6) is 0 Å². The average Bonchev–Trinajstić information content (AvgIpc) is 2.46. The number of carbonyl (C=O) groups excluding carboxylic acids is 1. The van der Waals surface area contributed by atoms with Gasteiger partial charge in [-0.2, -0.15) is 0 Å². The monoisotopic (exact) mass is 293 g/mol. The molecule has 21 heavy (non-hydrogen) atoms. The number of hydrogen-bond acceptors (Lipinski definition) is 5. The fraction of sp³-hybridized carbons (Fsp3) is 0.500. The molecule has 0 saturated heterocycles. The zero-order chi connectivity index (χ0) is 15.4. The van der Waals surface area contributed by atoms with Gasteiger partial charge in [0, 0.05) is 18.2 Å². The number of aliphatic hydroxyl groups is 1. The van der Waals surface area contributed by atoms with Gasteiger partial charge in [-0.15, -0.1) is 0 Å². The molecule has 7 heteroatoms. The Balaban J connectivity index is 2.08. The third-order valence-electron chi connectivity index (χ3n) is 3.88. The molecule has 1 aromatic carbocycles. The smallest absolute Gasteiger partial charge is 0.292 e. The summed E-state index contributed by atoms with van der Waals surface area (Å²) in [5, 5.41) is 23.5. The zero-order valence-electron chi connectivity index (χ0n) is 11.6. The number of nitrogens with two attached hydrogens (primary N) is 1. The number of nitro groups is 1. The lowest BCUT2D eigenvalue weighted by molar-refractivity contribution is -0.384. The molecule has 0 radical (unpaired) electrons.